The van der Waals surface area contributed by atoms with Gasteiger partial charge in [-0.25, -0.2) is 9.78 Å². The van der Waals surface area contributed by atoms with E-state index in [1.54, 1.807) is 0 Å². The van der Waals surface area contributed by atoms with Crippen molar-refractivity contribution in [2.75, 3.05) is 5.32 Å². The monoisotopic (exact) mass is 372 g/mol. The molecule has 23 heavy (non-hydrogen) atoms. The number of amides is 1. The Morgan fingerprint density at radius 2 is 1.87 bits per heavy atom. The van der Waals surface area contributed by atoms with Crippen molar-refractivity contribution in [2.24, 2.45) is 0 Å². The third kappa shape index (κ3) is 3.98. The number of carbonyl (C=O) groups is 1. The molecule has 1 N–H and O–H groups in total. The predicted octanol–water partition coefficient (Wildman–Crippen LogP) is 4.85. The van der Waals surface area contributed by atoms with Gasteiger partial charge < -0.3 is 9.15 Å². The highest BCUT2D eigenvalue weighted by Crippen LogP contribution is 2.27. The topological polar surface area (TPSA) is 64.4 Å². The molecular weight excluding hydrogens is 360 g/mol. The summed E-state index contributed by atoms with van der Waals surface area (Å²) in [6.45, 7) is 0.189. The van der Waals surface area contributed by atoms with Crippen LogP contribution in [0.25, 0.3) is 11.3 Å². The third-order valence-electron chi connectivity index (χ3n) is 3.11. The second-order valence-corrected chi connectivity index (χ2v) is 5.64. The van der Waals surface area contributed by atoms with Crippen molar-refractivity contribution in [2.45, 2.75) is 6.61 Å². The zero-order valence-electron chi connectivity index (χ0n) is 12.0. The van der Waals surface area contributed by atoms with Crippen molar-refractivity contribution in [1.82, 2.24) is 4.98 Å². The van der Waals surface area contributed by atoms with Crippen LogP contribution in [0, 0.1) is 0 Å². The van der Waals surface area contributed by atoms with Gasteiger partial charge in [0.2, 0.25) is 5.88 Å². The van der Waals surface area contributed by atoms with Gasteiger partial charge in [-0.15, -0.1) is 0 Å². The van der Waals surface area contributed by atoms with Gasteiger partial charge >= 0.3 is 6.09 Å². The van der Waals surface area contributed by atoms with E-state index in [4.69, 9.17) is 9.15 Å². The van der Waals surface area contributed by atoms with Gasteiger partial charge in [-0.2, -0.15) is 0 Å². The van der Waals surface area contributed by atoms with E-state index in [0.717, 1.165) is 15.6 Å². The maximum absolute atomic E-state index is 11.9. The molecule has 1 amide bonds. The summed E-state index contributed by atoms with van der Waals surface area (Å²) < 4.78 is 11.4. The number of nitrogens with one attached hydrogen (secondary N) is 1. The van der Waals surface area contributed by atoms with Crippen molar-refractivity contribution < 1.29 is 13.9 Å². The summed E-state index contributed by atoms with van der Waals surface area (Å²) in [7, 11) is 0. The molecule has 0 unspecified atom stereocenters. The molecule has 1 heterocycles. The van der Waals surface area contributed by atoms with Crippen LogP contribution in [0.5, 0.6) is 0 Å². The number of carbonyl (C=O) groups excluding carboxylic acids is 1. The van der Waals surface area contributed by atoms with Crippen LogP contribution in [0.4, 0.5) is 10.7 Å². The highest BCUT2D eigenvalue weighted by molar-refractivity contribution is 9.10. The molecule has 3 aromatic rings. The fourth-order valence-electron chi connectivity index (χ4n) is 2.00. The van der Waals surface area contributed by atoms with E-state index in [1.165, 1.54) is 6.39 Å². The van der Waals surface area contributed by atoms with Gasteiger partial charge in [-0.05, 0) is 17.7 Å². The lowest BCUT2D eigenvalue weighted by molar-refractivity contribution is 0.154. The molecule has 0 radical (unpaired) electrons. The molecule has 2 aromatic carbocycles. The van der Waals surface area contributed by atoms with Gasteiger partial charge in [0, 0.05) is 10.0 Å². The van der Waals surface area contributed by atoms with Crippen LogP contribution in [-0.4, -0.2) is 11.1 Å². The number of aromatic nitrogens is 1. The number of oxazole rings is 1. The maximum Gasteiger partial charge on any atom is 0.414 e. The average molecular weight is 373 g/mol. The van der Waals surface area contributed by atoms with Crippen LogP contribution in [-0.2, 0) is 11.3 Å². The van der Waals surface area contributed by atoms with E-state index < -0.39 is 6.09 Å². The largest absolute Gasteiger partial charge is 0.444 e. The predicted molar refractivity (Wildman–Crippen MR) is 89.9 cm³/mol. The first-order chi connectivity index (χ1) is 11.2. The first kappa shape index (κ1) is 15.3. The zero-order valence-corrected chi connectivity index (χ0v) is 13.6. The minimum Gasteiger partial charge on any atom is -0.444 e. The second kappa shape index (κ2) is 7.11. The van der Waals surface area contributed by atoms with Crippen molar-refractivity contribution in [3.8, 4) is 11.3 Å². The molecule has 0 aliphatic carbocycles. The van der Waals surface area contributed by atoms with Crippen molar-refractivity contribution in [3.63, 3.8) is 0 Å². The van der Waals surface area contributed by atoms with E-state index in [2.05, 4.69) is 26.2 Å². The van der Waals surface area contributed by atoms with Gasteiger partial charge in [0.25, 0.3) is 0 Å². The number of benzene rings is 2. The minimum atomic E-state index is -0.594. The van der Waals surface area contributed by atoms with E-state index >= 15 is 0 Å². The Balaban J connectivity index is 1.65. The highest BCUT2D eigenvalue weighted by atomic mass is 79.9. The molecule has 6 heteroatoms. The normalized spacial score (nSPS) is 10.3. The Bertz CT molecular complexity index is 785. The molecule has 0 atom stereocenters. The summed E-state index contributed by atoms with van der Waals surface area (Å²) in [6.07, 6.45) is 0.688. The van der Waals surface area contributed by atoms with Crippen molar-refractivity contribution in [1.29, 1.82) is 0 Å². The minimum absolute atomic E-state index is 0.189. The number of hydrogen-bond acceptors (Lipinski definition) is 4. The van der Waals surface area contributed by atoms with Gasteiger partial charge in [-0.3, -0.25) is 5.32 Å². The Morgan fingerprint density at radius 3 is 2.61 bits per heavy atom. The Morgan fingerprint density at radius 1 is 1.13 bits per heavy atom. The Kier molecular flexibility index (Phi) is 4.73. The van der Waals surface area contributed by atoms with Crippen LogP contribution in [0.2, 0.25) is 0 Å². The van der Waals surface area contributed by atoms with Crippen LogP contribution >= 0.6 is 15.9 Å². The quantitative estimate of drug-likeness (QED) is 0.710. The Hall–Kier alpha value is -2.60. The van der Waals surface area contributed by atoms with Crippen molar-refractivity contribution in [3.05, 3.63) is 71.0 Å². The van der Waals surface area contributed by atoms with E-state index in [9.17, 15) is 4.79 Å². The molecule has 0 spiro atoms. The number of hydrogen-bond donors (Lipinski definition) is 1. The van der Waals surface area contributed by atoms with Crippen LogP contribution in [0.1, 0.15) is 5.56 Å². The standard InChI is InChI=1S/C17H13BrN2O3/c18-14-8-6-13(7-9-14)15-16(23-11-19-15)20-17(21)22-10-12-4-2-1-3-5-12/h1-9,11H,10H2,(H,20,21). The lowest BCUT2D eigenvalue weighted by Crippen LogP contribution is -2.13. The van der Waals surface area contributed by atoms with Crippen molar-refractivity contribution >= 4 is 27.9 Å². The van der Waals surface area contributed by atoms with Gasteiger partial charge in [-0.1, -0.05) is 58.4 Å². The molecule has 116 valence electrons. The van der Waals surface area contributed by atoms with Gasteiger partial charge in [0.1, 0.15) is 12.3 Å². The molecule has 0 aliphatic heterocycles. The fourth-order valence-corrected chi connectivity index (χ4v) is 2.26. The lowest BCUT2D eigenvalue weighted by Gasteiger charge is -2.06. The molecular formula is C17H13BrN2O3. The molecule has 3 rings (SSSR count). The summed E-state index contributed by atoms with van der Waals surface area (Å²) in [4.78, 5) is 16.0. The van der Waals surface area contributed by atoms with Crippen LogP contribution < -0.4 is 5.32 Å². The molecule has 0 saturated heterocycles. The molecule has 5 nitrogen and oxygen atoms in total. The number of rotatable bonds is 4. The van der Waals surface area contributed by atoms with E-state index in [1.807, 2.05) is 54.6 Å². The van der Waals surface area contributed by atoms with Gasteiger partial charge in [0.05, 0.1) is 0 Å². The fraction of sp³-hybridized carbons (Fsp3) is 0.0588. The zero-order chi connectivity index (χ0) is 16.1. The summed E-state index contributed by atoms with van der Waals surface area (Å²) in [5.41, 5.74) is 2.29. The van der Waals surface area contributed by atoms with E-state index in [0.29, 0.717) is 5.69 Å². The number of nitrogens with zero attached hydrogens (tertiary/aromatic N) is 1. The second-order valence-electron chi connectivity index (χ2n) is 4.72. The third-order valence-corrected chi connectivity index (χ3v) is 3.64. The summed E-state index contributed by atoms with van der Waals surface area (Å²) in [6, 6.07) is 17.0. The summed E-state index contributed by atoms with van der Waals surface area (Å²) in [5, 5.41) is 2.57. The van der Waals surface area contributed by atoms with Crippen LogP contribution in [0.15, 0.2) is 69.9 Å². The Labute approximate surface area is 141 Å². The highest BCUT2D eigenvalue weighted by Gasteiger charge is 2.14. The molecule has 1 aromatic heterocycles. The average Bonchev–Trinajstić information content (AvgIpc) is 3.03. The molecule has 0 fully saturated rings. The molecule has 0 bridgehead atoms. The SMILES string of the molecule is O=C(Nc1ocnc1-c1ccc(Br)cc1)OCc1ccccc1. The van der Waals surface area contributed by atoms with Crippen LogP contribution in [0.3, 0.4) is 0 Å². The molecule has 0 saturated carbocycles. The van der Waals surface area contributed by atoms with E-state index in [-0.39, 0.29) is 12.5 Å². The first-order valence-electron chi connectivity index (χ1n) is 6.89. The molecule has 0 aliphatic rings. The number of anilines is 1. The number of ether oxygens (including phenoxy) is 1. The number of halogens is 1. The summed E-state index contributed by atoms with van der Waals surface area (Å²) >= 11 is 3.38. The lowest BCUT2D eigenvalue weighted by atomic mass is 10.1. The van der Waals surface area contributed by atoms with Gasteiger partial charge in [0.15, 0.2) is 6.39 Å². The summed E-state index contributed by atoms with van der Waals surface area (Å²) in [5.74, 6) is 0.255. The maximum atomic E-state index is 11.9. The smallest absolute Gasteiger partial charge is 0.414 e. The first-order valence-corrected chi connectivity index (χ1v) is 7.69.